The summed E-state index contributed by atoms with van der Waals surface area (Å²) in [7, 11) is 0. The van der Waals surface area contributed by atoms with Gasteiger partial charge in [-0.3, -0.25) is 15.0 Å². The van der Waals surface area contributed by atoms with Crippen molar-refractivity contribution in [2.75, 3.05) is 0 Å². The first-order chi connectivity index (χ1) is 11.6. The highest BCUT2D eigenvalue weighted by atomic mass is 32.1. The topological polar surface area (TPSA) is 84.2 Å². The molecule has 1 aromatic carbocycles. The number of aryl methyl sites for hydroxylation is 2. The Morgan fingerprint density at radius 2 is 1.83 bits per heavy atom. The van der Waals surface area contributed by atoms with Crippen LogP contribution < -0.4 is 16.6 Å². The lowest BCUT2D eigenvalue weighted by Crippen LogP contribution is -2.44. The molecule has 1 aliphatic rings. The Morgan fingerprint density at radius 3 is 2.58 bits per heavy atom. The number of benzene rings is 1. The van der Waals surface area contributed by atoms with E-state index in [1.807, 2.05) is 24.3 Å². The van der Waals surface area contributed by atoms with Gasteiger partial charge in [0.25, 0.3) is 5.91 Å². The van der Waals surface area contributed by atoms with Crippen LogP contribution in [0.25, 0.3) is 0 Å². The molecule has 1 atom stereocenters. The van der Waals surface area contributed by atoms with Crippen LogP contribution in [0.1, 0.15) is 51.0 Å². The molecular weight excluding hydrogens is 322 g/mol. The molecule has 6 heteroatoms. The van der Waals surface area contributed by atoms with Crippen LogP contribution in [0.2, 0.25) is 0 Å². The van der Waals surface area contributed by atoms with E-state index in [4.69, 9.17) is 5.73 Å². The normalized spacial score (nSPS) is 15.2. The number of carbonyl (C=O) groups excluding carboxylic acids is 2. The Balaban J connectivity index is 1.67. The molecule has 3 rings (SSSR count). The Morgan fingerprint density at radius 1 is 1.08 bits per heavy atom. The monoisotopic (exact) mass is 343 g/mol. The third kappa shape index (κ3) is 3.83. The van der Waals surface area contributed by atoms with Gasteiger partial charge in [-0.25, -0.2) is 5.43 Å². The first-order valence-electron chi connectivity index (χ1n) is 8.17. The number of hydrazine groups is 1. The van der Waals surface area contributed by atoms with Crippen molar-refractivity contribution in [3.05, 3.63) is 57.3 Å². The van der Waals surface area contributed by atoms with E-state index < -0.39 is 11.9 Å². The average molecular weight is 343 g/mol. The van der Waals surface area contributed by atoms with E-state index in [2.05, 4.69) is 10.9 Å². The van der Waals surface area contributed by atoms with E-state index >= 15 is 0 Å². The zero-order valence-electron chi connectivity index (χ0n) is 13.4. The summed E-state index contributed by atoms with van der Waals surface area (Å²) in [6.07, 6.45) is 5.71. The molecule has 0 unspecified atom stereocenters. The van der Waals surface area contributed by atoms with Crippen molar-refractivity contribution in [2.24, 2.45) is 5.73 Å². The predicted molar refractivity (Wildman–Crippen MR) is 94.6 cm³/mol. The molecule has 1 aliphatic carbocycles. The van der Waals surface area contributed by atoms with Gasteiger partial charge in [-0.15, -0.1) is 11.3 Å². The third-order valence-electron chi connectivity index (χ3n) is 4.22. The minimum atomic E-state index is -0.757. The zero-order valence-corrected chi connectivity index (χ0v) is 14.2. The number of fused-ring (bicyclic) bond motifs is 1. The fourth-order valence-electron chi connectivity index (χ4n) is 2.94. The Kier molecular flexibility index (Phi) is 5.27. The summed E-state index contributed by atoms with van der Waals surface area (Å²) in [6.45, 7) is 0. The lowest BCUT2D eigenvalue weighted by molar-refractivity contribution is -0.120. The van der Waals surface area contributed by atoms with Crippen molar-refractivity contribution in [1.29, 1.82) is 0 Å². The van der Waals surface area contributed by atoms with Crippen LogP contribution >= 0.6 is 11.3 Å². The van der Waals surface area contributed by atoms with Gasteiger partial charge in [0.05, 0.1) is 4.88 Å². The zero-order chi connectivity index (χ0) is 16.9. The number of carbonyl (C=O) groups is 2. The molecule has 2 aromatic rings. The highest BCUT2D eigenvalue weighted by Gasteiger charge is 2.20. The maximum atomic E-state index is 12.4. The average Bonchev–Trinajstić information content (AvgIpc) is 2.86. The van der Waals surface area contributed by atoms with Crippen molar-refractivity contribution in [3.63, 3.8) is 0 Å². The second-order valence-corrected chi connectivity index (χ2v) is 7.10. The standard InChI is InChI=1S/C18H21N3O2S/c19-17(22)16(12-7-3-1-4-8-12)20-21-18(23)15-11-13-9-5-2-6-10-14(13)24-15/h1,3-4,7-8,11,16,20H,2,5-6,9-10H2,(H2,19,22)(H,21,23)/t16-/m0/s1. The highest BCUT2D eigenvalue weighted by Crippen LogP contribution is 2.28. The van der Waals surface area contributed by atoms with Gasteiger partial charge in [-0.1, -0.05) is 36.8 Å². The summed E-state index contributed by atoms with van der Waals surface area (Å²) < 4.78 is 0. The van der Waals surface area contributed by atoms with Gasteiger partial charge in [0, 0.05) is 4.88 Å². The largest absolute Gasteiger partial charge is 0.368 e. The summed E-state index contributed by atoms with van der Waals surface area (Å²) in [5, 5.41) is 0. The van der Waals surface area contributed by atoms with Gasteiger partial charge in [0.2, 0.25) is 5.91 Å². The van der Waals surface area contributed by atoms with E-state index in [-0.39, 0.29) is 5.91 Å². The van der Waals surface area contributed by atoms with Crippen LogP contribution in [-0.4, -0.2) is 11.8 Å². The molecule has 1 heterocycles. The number of nitrogens with two attached hydrogens (primary N) is 1. The van der Waals surface area contributed by atoms with Crippen molar-refractivity contribution in [3.8, 4) is 0 Å². The molecule has 4 N–H and O–H groups in total. The molecule has 0 saturated carbocycles. The van der Waals surface area contributed by atoms with Gasteiger partial charge < -0.3 is 5.73 Å². The van der Waals surface area contributed by atoms with Crippen LogP contribution in [0, 0.1) is 0 Å². The second kappa shape index (κ2) is 7.59. The van der Waals surface area contributed by atoms with Gasteiger partial charge in [0.15, 0.2) is 0 Å². The number of nitrogens with one attached hydrogen (secondary N) is 2. The highest BCUT2D eigenvalue weighted by molar-refractivity contribution is 7.14. The molecule has 0 aliphatic heterocycles. The summed E-state index contributed by atoms with van der Waals surface area (Å²) in [6, 6.07) is 10.3. The third-order valence-corrected chi connectivity index (χ3v) is 5.45. The fourth-order valence-corrected chi connectivity index (χ4v) is 4.09. The van der Waals surface area contributed by atoms with Gasteiger partial charge in [-0.05, 0) is 42.9 Å². The molecular formula is C18H21N3O2S. The maximum Gasteiger partial charge on any atom is 0.275 e. The molecule has 2 amide bonds. The van der Waals surface area contributed by atoms with Crippen LogP contribution in [0.4, 0.5) is 0 Å². The van der Waals surface area contributed by atoms with E-state index in [9.17, 15) is 9.59 Å². The Labute approximate surface area is 145 Å². The lowest BCUT2D eigenvalue weighted by atomic mass is 10.1. The first-order valence-corrected chi connectivity index (χ1v) is 8.98. The summed E-state index contributed by atoms with van der Waals surface area (Å²) >= 11 is 1.54. The number of amides is 2. The fraction of sp³-hybridized carbons (Fsp3) is 0.333. The van der Waals surface area contributed by atoms with Gasteiger partial charge >= 0.3 is 0 Å². The number of hydrogen-bond acceptors (Lipinski definition) is 4. The Hall–Kier alpha value is -2.18. The van der Waals surface area contributed by atoms with E-state index in [1.165, 1.54) is 29.7 Å². The molecule has 1 aromatic heterocycles. The molecule has 0 fully saturated rings. The van der Waals surface area contributed by atoms with E-state index in [0.717, 1.165) is 12.8 Å². The van der Waals surface area contributed by atoms with Crippen molar-refractivity contribution in [2.45, 2.75) is 38.1 Å². The van der Waals surface area contributed by atoms with Crippen LogP contribution in [-0.2, 0) is 17.6 Å². The second-order valence-electron chi connectivity index (χ2n) is 5.96. The molecule has 0 radical (unpaired) electrons. The predicted octanol–water partition coefficient (Wildman–Crippen LogP) is 2.48. The van der Waals surface area contributed by atoms with Crippen molar-refractivity contribution < 1.29 is 9.59 Å². The van der Waals surface area contributed by atoms with Crippen LogP contribution in [0.5, 0.6) is 0 Å². The minimum Gasteiger partial charge on any atom is -0.368 e. The molecule has 0 saturated heterocycles. The SMILES string of the molecule is NC(=O)[C@@H](NNC(=O)c1cc2c(s1)CCCCC2)c1ccccc1. The summed E-state index contributed by atoms with van der Waals surface area (Å²) in [4.78, 5) is 26.0. The molecule has 24 heavy (non-hydrogen) atoms. The van der Waals surface area contributed by atoms with E-state index in [0.29, 0.717) is 10.4 Å². The number of hydrogen-bond donors (Lipinski definition) is 3. The minimum absolute atomic E-state index is 0.227. The van der Waals surface area contributed by atoms with Gasteiger partial charge in [0.1, 0.15) is 6.04 Å². The van der Waals surface area contributed by atoms with Crippen LogP contribution in [0.15, 0.2) is 36.4 Å². The quantitative estimate of drug-likeness (QED) is 0.576. The van der Waals surface area contributed by atoms with Crippen molar-refractivity contribution >= 4 is 23.2 Å². The molecule has 5 nitrogen and oxygen atoms in total. The number of primary amides is 1. The lowest BCUT2D eigenvalue weighted by Gasteiger charge is -2.16. The summed E-state index contributed by atoms with van der Waals surface area (Å²) in [5.74, 6) is -0.765. The molecule has 126 valence electrons. The first kappa shape index (κ1) is 16.7. The van der Waals surface area contributed by atoms with Crippen molar-refractivity contribution in [1.82, 2.24) is 10.9 Å². The Bertz CT molecular complexity index is 704. The smallest absolute Gasteiger partial charge is 0.275 e. The van der Waals surface area contributed by atoms with Crippen LogP contribution in [0.3, 0.4) is 0 Å². The number of rotatable bonds is 5. The van der Waals surface area contributed by atoms with Gasteiger partial charge in [-0.2, -0.15) is 0 Å². The number of thiophene rings is 1. The molecule has 0 spiro atoms. The summed E-state index contributed by atoms with van der Waals surface area (Å²) in [5.41, 5.74) is 12.8. The maximum absolute atomic E-state index is 12.4. The van der Waals surface area contributed by atoms with E-state index in [1.54, 1.807) is 23.5 Å². The molecule has 0 bridgehead atoms.